The molecule has 3 N–H and O–H groups in total. The number of nitrogens with one attached hydrogen (secondary N) is 3. The van der Waals surface area contributed by atoms with Gasteiger partial charge in [-0.3, -0.25) is 14.4 Å². The Morgan fingerprint density at radius 2 is 1.69 bits per heavy atom. The summed E-state index contributed by atoms with van der Waals surface area (Å²) in [6.07, 6.45) is 9.26. The minimum Gasteiger partial charge on any atom is -0.342 e. The zero-order valence-corrected chi connectivity index (χ0v) is 25.7. The predicted octanol–water partition coefficient (Wildman–Crippen LogP) is 3.75. The average Bonchev–Trinajstić information content (AvgIpc) is 2.92. The van der Waals surface area contributed by atoms with Gasteiger partial charge in [0.05, 0.1) is 12.6 Å². The molecule has 0 saturated heterocycles. The summed E-state index contributed by atoms with van der Waals surface area (Å²) in [5.74, 6) is 0.519. The van der Waals surface area contributed by atoms with Gasteiger partial charge in [0.15, 0.2) is 0 Å². The summed E-state index contributed by atoms with van der Waals surface area (Å²) in [7, 11) is 5.19. The van der Waals surface area contributed by atoms with Gasteiger partial charge in [-0.05, 0) is 70.1 Å². The fraction of sp³-hybridized carbons (Fsp3) is 0.552. The molecule has 0 aliphatic carbocycles. The smallest absolute Gasteiger partial charge is 0.246 e. The number of aryl methyl sites for hydroxylation is 1. The van der Waals surface area contributed by atoms with E-state index >= 15 is 0 Å². The summed E-state index contributed by atoms with van der Waals surface area (Å²) in [5.41, 5.74) is 3.16. The van der Waals surface area contributed by atoms with Gasteiger partial charge in [0.1, 0.15) is 18.9 Å². The van der Waals surface area contributed by atoms with E-state index in [0.717, 1.165) is 43.1 Å². The SMILES string of the molecule is CCC.CN(CCCCCC=O)C(=O)/C=C\C=O.CNC(C)C(=O)Nc1ccc(CS)c(C)c1.CNCC=O. The highest BCUT2D eigenvalue weighted by molar-refractivity contribution is 7.79. The maximum Gasteiger partial charge on any atom is 0.246 e. The molecule has 222 valence electrons. The summed E-state index contributed by atoms with van der Waals surface area (Å²) in [4.78, 5) is 53.8. The molecule has 0 aromatic heterocycles. The molecule has 0 aliphatic rings. The van der Waals surface area contributed by atoms with Crippen molar-refractivity contribution in [3.05, 3.63) is 41.5 Å². The third-order valence-corrected chi connectivity index (χ3v) is 5.24. The second-order valence-electron chi connectivity index (χ2n) is 8.50. The van der Waals surface area contributed by atoms with Crippen LogP contribution in [0.5, 0.6) is 0 Å². The summed E-state index contributed by atoms with van der Waals surface area (Å²) < 4.78 is 0. The van der Waals surface area contributed by atoms with E-state index < -0.39 is 0 Å². The van der Waals surface area contributed by atoms with E-state index in [1.165, 1.54) is 24.1 Å². The third kappa shape index (κ3) is 25.2. The Balaban J connectivity index is -0.000000523. The molecule has 0 fully saturated rings. The number of unbranched alkanes of at least 4 members (excludes halogenated alkanes) is 3. The van der Waals surface area contributed by atoms with Crippen molar-refractivity contribution in [1.29, 1.82) is 0 Å². The molecule has 0 spiro atoms. The van der Waals surface area contributed by atoms with E-state index in [2.05, 4.69) is 42.4 Å². The van der Waals surface area contributed by atoms with Crippen LogP contribution in [-0.2, 0) is 29.7 Å². The largest absolute Gasteiger partial charge is 0.342 e. The summed E-state index contributed by atoms with van der Waals surface area (Å²) in [6.45, 7) is 9.20. The molecule has 2 amide bonds. The number of carbonyl (C=O) groups is 5. The second-order valence-corrected chi connectivity index (χ2v) is 8.82. The number of benzene rings is 1. The number of thiol groups is 1. The first-order valence-corrected chi connectivity index (χ1v) is 13.8. The number of allylic oxidation sites excluding steroid dienone is 1. The summed E-state index contributed by atoms with van der Waals surface area (Å²) in [6, 6.07) is 5.66. The Labute approximate surface area is 241 Å². The molecule has 10 heteroatoms. The number of nitrogens with zero attached hydrogens (tertiary/aromatic N) is 1. The summed E-state index contributed by atoms with van der Waals surface area (Å²) in [5, 5.41) is 8.41. The predicted molar refractivity (Wildman–Crippen MR) is 164 cm³/mol. The van der Waals surface area contributed by atoms with Crippen LogP contribution in [0.3, 0.4) is 0 Å². The van der Waals surface area contributed by atoms with Crippen molar-refractivity contribution in [2.75, 3.05) is 39.5 Å². The standard InChI is InChI=1S/C12H18N2OS.C11H17NO3.C3H7NO.C3H8/c1-8-6-11(5-4-10(8)7-16)14-12(15)9(2)13-3;1-12(11(15)7-6-10-14)8-4-2-3-5-9-13;1-4-2-3-5;1-3-2/h4-6,9,13,16H,7H2,1-3H3,(H,14,15);6-7,9-10H,2-5,8H2,1H3;3-4H,2H2,1H3;3H2,1-2H3/b;7-6-;;. The van der Waals surface area contributed by atoms with Crippen molar-refractivity contribution in [2.45, 2.75) is 71.6 Å². The highest BCUT2D eigenvalue weighted by atomic mass is 32.1. The van der Waals surface area contributed by atoms with Gasteiger partial charge in [0, 0.05) is 37.5 Å². The molecular formula is C29H50N4O5S. The van der Waals surface area contributed by atoms with E-state index in [0.29, 0.717) is 31.5 Å². The molecular weight excluding hydrogens is 516 g/mol. The van der Waals surface area contributed by atoms with Crippen LogP contribution >= 0.6 is 12.6 Å². The van der Waals surface area contributed by atoms with Crippen LogP contribution < -0.4 is 16.0 Å². The molecule has 9 nitrogen and oxygen atoms in total. The molecule has 0 bridgehead atoms. The Kier molecular flexibility index (Phi) is 31.0. The highest BCUT2D eigenvalue weighted by Crippen LogP contribution is 2.16. The van der Waals surface area contributed by atoms with E-state index in [1.807, 2.05) is 32.0 Å². The van der Waals surface area contributed by atoms with E-state index in [-0.39, 0.29) is 17.9 Å². The summed E-state index contributed by atoms with van der Waals surface area (Å²) >= 11 is 4.23. The molecule has 0 saturated carbocycles. The van der Waals surface area contributed by atoms with Crippen molar-refractivity contribution >= 4 is 49.0 Å². The quantitative estimate of drug-likeness (QED) is 0.117. The van der Waals surface area contributed by atoms with Crippen LogP contribution in [0.15, 0.2) is 30.4 Å². The maximum absolute atomic E-state index is 11.6. The van der Waals surface area contributed by atoms with Gasteiger partial charge < -0.3 is 30.4 Å². The molecule has 0 aliphatic heterocycles. The van der Waals surface area contributed by atoms with Gasteiger partial charge in [-0.25, -0.2) is 0 Å². The van der Waals surface area contributed by atoms with Crippen molar-refractivity contribution in [1.82, 2.24) is 15.5 Å². The maximum atomic E-state index is 11.6. The van der Waals surface area contributed by atoms with E-state index in [4.69, 9.17) is 0 Å². The van der Waals surface area contributed by atoms with Crippen molar-refractivity contribution in [3.63, 3.8) is 0 Å². The lowest BCUT2D eigenvalue weighted by Crippen LogP contribution is -2.35. The number of hydrogen-bond donors (Lipinski definition) is 4. The minimum absolute atomic E-state index is 0.0273. The van der Waals surface area contributed by atoms with E-state index in [9.17, 15) is 24.0 Å². The normalized spacial score (nSPS) is 10.4. The number of carbonyl (C=O) groups excluding carboxylic acids is 5. The first kappa shape index (κ1) is 40.7. The van der Waals surface area contributed by atoms with Gasteiger partial charge in [-0.15, -0.1) is 0 Å². The van der Waals surface area contributed by atoms with Crippen LogP contribution in [0.1, 0.15) is 64.0 Å². The van der Waals surface area contributed by atoms with Gasteiger partial charge in [0.25, 0.3) is 0 Å². The number of hydrogen-bond acceptors (Lipinski definition) is 8. The van der Waals surface area contributed by atoms with Crippen LogP contribution in [0.25, 0.3) is 0 Å². The van der Waals surface area contributed by atoms with E-state index in [1.54, 1.807) is 26.0 Å². The number of anilines is 1. The van der Waals surface area contributed by atoms with Crippen molar-refractivity contribution in [2.24, 2.45) is 0 Å². The fourth-order valence-electron chi connectivity index (χ4n) is 2.53. The Hall–Kier alpha value is -2.82. The first-order valence-electron chi connectivity index (χ1n) is 13.2. The lowest BCUT2D eigenvalue weighted by atomic mass is 10.1. The van der Waals surface area contributed by atoms with Crippen LogP contribution in [0.2, 0.25) is 0 Å². The molecule has 0 heterocycles. The molecule has 1 aromatic carbocycles. The zero-order valence-electron chi connectivity index (χ0n) is 24.8. The van der Waals surface area contributed by atoms with Crippen molar-refractivity contribution in [3.8, 4) is 0 Å². The molecule has 1 unspecified atom stereocenters. The Bertz CT molecular complexity index is 834. The molecule has 1 rings (SSSR count). The van der Waals surface area contributed by atoms with Gasteiger partial charge in [0.2, 0.25) is 11.8 Å². The van der Waals surface area contributed by atoms with Gasteiger partial charge in [-0.1, -0.05) is 32.8 Å². The molecule has 1 aromatic rings. The second kappa shape index (κ2) is 29.7. The first-order chi connectivity index (χ1) is 18.6. The topological polar surface area (TPSA) is 125 Å². The van der Waals surface area contributed by atoms with Gasteiger partial charge in [-0.2, -0.15) is 12.6 Å². The Morgan fingerprint density at radius 3 is 2.13 bits per heavy atom. The fourth-order valence-corrected chi connectivity index (χ4v) is 2.88. The number of aldehydes is 3. The molecule has 39 heavy (non-hydrogen) atoms. The number of rotatable bonds is 14. The number of amides is 2. The van der Waals surface area contributed by atoms with Crippen LogP contribution in [0, 0.1) is 6.92 Å². The number of likely N-dealkylation sites (N-methyl/N-ethyl adjacent to an activating group) is 3. The van der Waals surface area contributed by atoms with Crippen LogP contribution in [-0.4, -0.2) is 75.8 Å². The third-order valence-electron chi connectivity index (χ3n) is 4.90. The minimum atomic E-state index is -0.190. The van der Waals surface area contributed by atoms with Gasteiger partial charge >= 0.3 is 0 Å². The average molecular weight is 567 g/mol. The monoisotopic (exact) mass is 566 g/mol. The highest BCUT2D eigenvalue weighted by Gasteiger charge is 2.10. The van der Waals surface area contributed by atoms with Crippen LogP contribution in [0.4, 0.5) is 5.69 Å². The molecule has 1 atom stereocenters. The zero-order chi connectivity index (χ0) is 30.5. The van der Waals surface area contributed by atoms with Crippen molar-refractivity contribution < 1.29 is 24.0 Å². The lowest BCUT2D eigenvalue weighted by Gasteiger charge is -2.14. The Morgan fingerprint density at radius 1 is 1.05 bits per heavy atom. The molecule has 0 radical (unpaired) electrons. The lowest BCUT2D eigenvalue weighted by molar-refractivity contribution is -0.125.